The lowest BCUT2D eigenvalue weighted by atomic mass is 9.72. The summed E-state index contributed by atoms with van der Waals surface area (Å²) >= 11 is 6.23. The topological polar surface area (TPSA) is 260 Å². The third kappa shape index (κ3) is 14.3. The molecule has 4 aliphatic heterocycles. The molecule has 0 saturated carbocycles. The van der Waals surface area contributed by atoms with Gasteiger partial charge in [-0.1, -0.05) is 61.1 Å². The van der Waals surface area contributed by atoms with E-state index in [4.69, 9.17) is 16.3 Å². The van der Waals surface area contributed by atoms with Gasteiger partial charge in [0, 0.05) is 73.1 Å². The first-order valence-electron chi connectivity index (χ1n) is 29.8. The summed E-state index contributed by atoms with van der Waals surface area (Å²) in [5, 5.41) is 24.4. The van der Waals surface area contributed by atoms with Gasteiger partial charge in [-0.25, -0.2) is 18.1 Å². The Hall–Kier alpha value is -8.10. The molecule has 11 rings (SSSR count). The monoisotopic (exact) mass is 1220 g/mol. The Morgan fingerprint density at radius 2 is 1.63 bits per heavy atom. The van der Waals surface area contributed by atoms with Crippen LogP contribution in [-0.4, -0.2) is 139 Å². The third-order valence-electron chi connectivity index (χ3n) is 17.3. The lowest BCUT2D eigenvalue weighted by Gasteiger charge is -2.37. The van der Waals surface area contributed by atoms with Crippen LogP contribution in [0.15, 0.2) is 114 Å². The number of amides is 5. The number of nitrogens with zero attached hydrogens (tertiary/aromatic N) is 4. The highest BCUT2D eigenvalue weighted by Crippen LogP contribution is 2.43. The van der Waals surface area contributed by atoms with Gasteiger partial charge in [0.25, 0.3) is 27.7 Å². The summed E-state index contributed by atoms with van der Waals surface area (Å²) in [5.74, 6) is 4.57. The molecule has 0 bridgehead atoms. The highest BCUT2D eigenvalue weighted by Gasteiger charge is 2.45. The zero-order valence-corrected chi connectivity index (χ0v) is 50.3. The summed E-state index contributed by atoms with van der Waals surface area (Å²) in [5.41, 5.74) is 9.08. The minimum Gasteiger partial charge on any atom is -0.455 e. The van der Waals surface area contributed by atoms with Gasteiger partial charge in [0.05, 0.1) is 45.7 Å². The van der Waals surface area contributed by atoms with E-state index in [2.05, 4.69) is 89.1 Å². The molecule has 0 radical (unpaired) electrons. The van der Waals surface area contributed by atoms with Crippen molar-refractivity contribution in [3.05, 3.63) is 142 Å². The maximum absolute atomic E-state index is 14.0. The van der Waals surface area contributed by atoms with Gasteiger partial charge in [-0.2, -0.15) is 0 Å². The number of ether oxygens (including phenoxy) is 1. The predicted molar refractivity (Wildman–Crippen MR) is 333 cm³/mol. The van der Waals surface area contributed by atoms with E-state index in [0.29, 0.717) is 71.4 Å². The number of aromatic amines is 1. The van der Waals surface area contributed by atoms with E-state index in [1.165, 1.54) is 41.1 Å². The highest BCUT2D eigenvalue weighted by atomic mass is 35.5. The maximum Gasteiger partial charge on any atom is 0.268 e. The van der Waals surface area contributed by atoms with Crippen molar-refractivity contribution in [3.8, 4) is 23.3 Å². The number of likely N-dealkylation sites (tertiary alicyclic amines) is 2. The number of carbonyl (C=O) groups excluding carboxylic acids is 5. The predicted octanol–water partition coefficient (Wildman–Crippen LogP) is 8.88. The molecule has 2 aromatic heterocycles. The van der Waals surface area contributed by atoms with E-state index in [9.17, 15) is 37.6 Å². The van der Waals surface area contributed by atoms with Crippen LogP contribution >= 0.6 is 11.6 Å². The maximum atomic E-state index is 14.0. The Labute approximate surface area is 511 Å². The Balaban J connectivity index is 0.646. The normalized spacial score (nSPS) is 18.7. The van der Waals surface area contributed by atoms with Gasteiger partial charge in [-0.3, -0.25) is 49.8 Å². The minimum atomic E-state index is -4.46. The molecule has 4 aromatic carbocycles. The molecule has 22 heteroatoms. The lowest BCUT2D eigenvalue weighted by molar-refractivity contribution is -0.136. The first-order valence-corrected chi connectivity index (χ1v) is 31.6. The molecular weight excluding hydrogens is 1150 g/mol. The minimum absolute atomic E-state index is 0.0229. The Kier molecular flexibility index (Phi) is 18.4. The average molecular weight is 1220 g/mol. The van der Waals surface area contributed by atoms with Gasteiger partial charge < -0.3 is 30.6 Å². The molecule has 8 N–H and O–H groups in total. The van der Waals surface area contributed by atoms with Crippen LogP contribution in [0.5, 0.6) is 11.5 Å². The van der Waals surface area contributed by atoms with Crippen LogP contribution in [0.2, 0.25) is 5.02 Å². The molecule has 5 amide bonds. The number of benzene rings is 4. The number of nitrogens with one attached hydrogen (secondary N) is 7. The number of hydrogen-bond acceptors (Lipinski definition) is 16. The molecule has 3 fully saturated rings. The second-order valence-electron chi connectivity index (χ2n) is 24.0. The van der Waals surface area contributed by atoms with Crippen molar-refractivity contribution >= 4 is 84.8 Å². The summed E-state index contributed by atoms with van der Waals surface area (Å²) in [6.07, 6.45) is 10.5. The number of aromatic nitrogens is 2. The van der Waals surface area contributed by atoms with Gasteiger partial charge in [0.2, 0.25) is 11.8 Å². The van der Waals surface area contributed by atoms with Crippen molar-refractivity contribution in [1.82, 2.24) is 40.0 Å². The fourth-order valence-electron chi connectivity index (χ4n) is 12.4. The van der Waals surface area contributed by atoms with Crippen molar-refractivity contribution in [2.24, 2.45) is 17.3 Å². The number of rotatable bonds is 20. The van der Waals surface area contributed by atoms with Crippen LogP contribution in [0.25, 0.3) is 16.6 Å². The molecule has 5 aliphatic rings. The van der Waals surface area contributed by atoms with E-state index < -0.39 is 45.6 Å². The molecular formula is C65H72ClN11O9S. The lowest BCUT2D eigenvalue weighted by Crippen LogP contribution is -2.54. The molecule has 20 nitrogen and oxygen atoms in total. The zero-order chi connectivity index (χ0) is 60.8. The SMILES string of the molecule is CC1(C)CCC(CNCCNc2ccc(C(=O)NS(=O)(=O)c3ccc(NCC4CCN(CC5CCN(CC#Cc6cccc7c6C(=O)N(C6CCC(=O)NC6=O)C7=O)CC5)CC4)c(NO)c3)c(Oc3cnc4[nH]ccc4c3)c2)=C(c2ccc(Cl)cc2)C1. The molecule has 454 valence electrons. The fraction of sp³-hybridized carbons (Fsp3) is 0.385. The van der Waals surface area contributed by atoms with E-state index in [1.807, 2.05) is 18.2 Å². The number of piperidine rings is 3. The van der Waals surface area contributed by atoms with Crippen molar-refractivity contribution in [2.45, 2.75) is 82.6 Å². The van der Waals surface area contributed by atoms with Crippen molar-refractivity contribution in [3.63, 3.8) is 0 Å². The van der Waals surface area contributed by atoms with E-state index in [-0.39, 0.29) is 51.3 Å². The third-order valence-corrected chi connectivity index (χ3v) is 18.9. The summed E-state index contributed by atoms with van der Waals surface area (Å²) in [7, 11) is -4.46. The van der Waals surface area contributed by atoms with Crippen molar-refractivity contribution in [1.29, 1.82) is 0 Å². The van der Waals surface area contributed by atoms with E-state index >= 15 is 0 Å². The molecule has 1 unspecified atom stereocenters. The van der Waals surface area contributed by atoms with Crippen molar-refractivity contribution < 1.29 is 42.3 Å². The number of hydrogen-bond donors (Lipinski definition) is 8. The first kappa shape index (κ1) is 60.6. The summed E-state index contributed by atoms with van der Waals surface area (Å²) in [6, 6.07) is 24.7. The summed E-state index contributed by atoms with van der Waals surface area (Å²) in [4.78, 5) is 78.1. The number of imide groups is 2. The number of sulfonamides is 1. The number of H-pyrrole nitrogens is 1. The van der Waals surface area contributed by atoms with Crippen LogP contribution in [0.1, 0.15) is 114 Å². The number of pyridine rings is 1. The van der Waals surface area contributed by atoms with Crippen LogP contribution in [0.4, 0.5) is 17.1 Å². The van der Waals surface area contributed by atoms with Gasteiger partial charge in [-0.15, -0.1) is 0 Å². The highest BCUT2D eigenvalue weighted by molar-refractivity contribution is 7.90. The molecule has 0 spiro atoms. The standard InChI is InChI=1S/C65H72ClN11O9S/c1-65(2)24-18-46(53(36-65)43-8-10-47(66)11-9-43)38-67-26-27-68-48-12-14-51(57(34-48)86-49-33-45-19-25-69-60(45)71-39-49)61(79)74-87(84,85)50-13-15-54(55(35-50)73-83)70-37-41-20-31-76(32-21-41)40-42-22-29-75(30-23-42)28-4-6-44-5-3-7-52-59(44)64(82)77(63(52)81)56-16-17-58(78)72-62(56)80/h3,5,7-15,19,25,33-35,39,41-42,56,67-68,70,73,83H,16-18,20-24,26-32,36-38,40H2,1-2H3,(H,69,71)(H,74,79)(H,72,78,80). The van der Waals surface area contributed by atoms with Gasteiger partial charge >= 0.3 is 0 Å². The van der Waals surface area contributed by atoms with Crippen molar-refractivity contribution in [2.75, 3.05) is 81.6 Å². The quantitative estimate of drug-likeness (QED) is 0.0154. The van der Waals surface area contributed by atoms with Gasteiger partial charge in [0.15, 0.2) is 0 Å². The Bertz CT molecular complexity index is 3820. The second kappa shape index (κ2) is 26.5. The van der Waals surface area contributed by atoms with Gasteiger partial charge in [0.1, 0.15) is 23.2 Å². The molecule has 1 aliphatic carbocycles. The molecule has 3 saturated heterocycles. The summed E-state index contributed by atoms with van der Waals surface area (Å²) < 4.78 is 36.3. The fourth-order valence-corrected chi connectivity index (χ4v) is 13.5. The summed E-state index contributed by atoms with van der Waals surface area (Å²) in [6.45, 7) is 12.3. The van der Waals surface area contributed by atoms with Crippen LogP contribution in [0, 0.1) is 29.1 Å². The number of anilines is 3. The van der Waals surface area contributed by atoms with Crippen LogP contribution < -0.4 is 36.2 Å². The van der Waals surface area contributed by atoms with E-state index in [0.717, 1.165) is 94.5 Å². The first-order chi connectivity index (χ1) is 42.0. The Morgan fingerprint density at radius 3 is 2.41 bits per heavy atom. The largest absolute Gasteiger partial charge is 0.455 e. The average Bonchev–Trinajstić information content (AvgIpc) is 1.75. The van der Waals surface area contributed by atoms with Crippen LogP contribution in [-0.2, 0) is 19.6 Å². The zero-order valence-electron chi connectivity index (χ0n) is 48.8. The number of halogens is 1. The van der Waals surface area contributed by atoms with E-state index in [1.54, 1.807) is 48.7 Å². The number of fused-ring (bicyclic) bond motifs is 2. The second-order valence-corrected chi connectivity index (χ2v) is 26.1. The van der Waals surface area contributed by atoms with Crippen LogP contribution in [0.3, 0.4) is 0 Å². The molecule has 1 atom stereocenters. The Morgan fingerprint density at radius 1 is 0.851 bits per heavy atom. The smallest absolute Gasteiger partial charge is 0.268 e. The number of allylic oxidation sites excluding steroid dienone is 1. The number of carbonyl (C=O) groups is 5. The van der Waals surface area contributed by atoms with Gasteiger partial charge in [-0.05, 0) is 173 Å². The molecule has 6 aromatic rings. The molecule has 87 heavy (non-hydrogen) atoms. The molecule has 6 heterocycles.